The topological polar surface area (TPSA) is 66.9 Å². The third-order valence-electron chi connectivity index (χ3n) is 2.76. The summed E-state index contributed by atoms with van der Waals surface area (Å²) in [5.74, 6) is 0.328. The molecule has 0 saturated heterocycles. The van der Waals surface area contributed by atoms with E-state index >= 15 is 0 Å². The van der Waals surface area contributed by atoms with Crippen molar-refractivity contribution in [3.63, 3.8) is 0 Å². The van der Waals surface area contributed by atoms with Crippen LogP contribution in [0.4, 0.5) is 11.6 Å². The monoisotopic (exact) mass is 270 g/mol. The van der Waals surface area contributed by atoms with Crippen molar-refractivity contribution in [1.29, 1.82) is 0 Å². The van der Waals surface area contributed by atoms with E-state index in [1.54, 1.807) is 0 Å². The Hall–Kier alpha value is -2.43. The van der Waals surface area contributed by atoms with Crippen molar-refractivity contribution in [1.82, 2.24) is 9.97 Å². The first-order chi connectivity index (χ1) is 9.69. The number of hydrogen-bond acceptors (Lipinski definition) is 4. The smallest absolute Gasteiger partial charge is 0.258 e. The molecular formula is C15H18N4O. The summed E-state index contributed by atoms with van der Waals surface area (Å²) < 4.78 is 0. The first kappa shape index (κ1) is 14.0. The van der Waals surface area contributed by atoms with Gasteiger partial charge in [-0.15, -0.1) is 0 Å². The van der Waals surface area contributed by atoms with E-state index in [9.17, 15) is 4.79 Å². The van der Waals surface area contributed by atoms with Crippen LogP contribution in [0.3, 0.4) is 0 Å². The lowest BCUT2D eigenvalue weighted by molar-refractivity contribution is 0.102. The van der Waals surface area contributed by atoms with Crippen LogP contribution in [-0.4, -0.2) is 22.4 Å². The minimum Gasteiger partial charge on any atom is -0.354 e. The standard InChI is InChI=1S/C15H18N4O/c1-3-8-16-15-17-9-12(10-18-15)14(20)19-13-6-4-11(2)5-7-13/h4-7,9-10H,3,8H2,1-2H3,(H,19,20)(H,16,17,18). The molecule has 0 radical (unpaired) electrons. The number of nitrogens with zero attached hydrogens (tertiary/aromatic N) is 2. The van der Waals surface area contributed by atoms with Gasteiger partial charge >= 0.3 is 0 Å². The van der Waals surface area contributed by atoms with Gasteiger partial charge in [0.25, 0.3) is 5.91 Å². The molecule has 0 fully saturated rings. The van der Waals surface area contributed by atoms with Gasteiger partial charge in [0.1, 0.15) is 0 Å². The lowest BCUT2D eigenvalue weighted by Crippen LogP contribution is -2.13. The number of benzene rings is 1. The molecule has 2 rings (SSSR count). The van der Waals surface area contributed by atoms with Crippen LogP contribution in [0.25, 0.3) is 0 Å². The summed E-state index contributed by atoms with van der Waals surface area (Å²) in [4.78, 5) is 20.2. The Balaban J connectivity index is 2.00. The summed E-state index contributed by atoms with van der Waals surface area (Å²) in [5, 5.41) is 5.87. The highest BCUT2D eigenvalue weighted by Crippen LogP contribution is 2.10. The van der Waals surface area contributed by atoms with Gasteiger partial charge in [0.2, 0.25) is 5.95 Å². The number of anilines is 2. The number of carbonyl (C=O) groups is 1. The van der Waals surface area contributed by atoms with E-state index in [0.717, 1.165) is 24.2 Å². The van der Waals surface area contributed by atoms with Crippen LogP contribution in [-0.2, 0) is 0 Å². The molecule has 20 heavy (non-hydrogen) atoms. The molecule has 2 N–H and O–H groups in total. The number of hydrogen-bond donors (Lipinski definition) is 2. The van der Waals surface area contributed by atoms with E-state index in [0.29, 0.717) is 11.5 Å². The van der Waals surface area contributed by atoms with Gasteiger partial charge in [0.05, 0.1) is 5.56 Å². The molecule has 0 saturated carbocycles. The van der Waals surface area contributed by atoms with E-state index in [1.807, 2.05) is 31.2 Å². The molecule has 1 aromatic carbocycles. The number of nitrogens with one attached hydrogen (secondary N) is 2. The first-order valence-corrected chi connectivity index (χ1v) is 6.63. The molecule has 0 aliphatic carbocycles. The average molecular weight is 270 g/mol. The average Bonchev–Trinajstić information content (AvgIpc) is 2.48. The lowest BCUT2D eigenvalue weighted by Gasteiger charge is -2.06. The maximum absolute atomic E-state index is 12.0. The molecule has 1 amide bonds. The van der Waals surface area contributed by atoms with Gasteiger partial charge in [0.15, 0.2) is 0 Å². The third kappa shape index (κ3) is 3.78. The van der Waals surface area contributed by atoms with Gasteiger partial charge in [-0.25, -0.2) is 9.97 Å². The highest BCUT2D eigenvalue weighted by atomic mass is 16.1. The second-order valence-electron chi connectivity index (χ2n) is 4.54. The predicted octanol–water partition coefficient (Wildman–Crippen LogP) is 2.86. The fourth-order valence-corrected chi connectivity index (χ4v) is 1.61. The fraction of sp³-hybridized carbons (Fsp3) is 0.267. The highest BCUT2D eigenvalue weighted by molar-refractivity contribution is 6.03. The fourth-order valence-electron chi connectivity index (χ4n) is 1.61. The van der Waals surface area contributed by atoms with Gasteiger partial charge in [-0.2, -0.15) is 0 Å². The molecule has 0 atom stereocenters. The molecule has 0 aliphatic heterocycles. The van der Waals surface area contributed by atoms with E-state index < -0.39 is 0 Å². The quantitative estimate of drug-likeness (QED) is 0.876. The van der Waals surface area contributed by atoms with Crippen LogP contribution in [0, 0.1) is 6.92 Å². The van der Waals surface area contributed by atoms with Gasteiger partial charge in [-0.1, -0.05) is 24.6 Å². The van der Waals surface area contributed by atoms with E-state index in [1.165, 1.54) is 12.4 Å². The Bertz CT molecular complexity index is 563. The number of rotatable bonds is 5. The van der Waals surface area contributed by atoms with Crippen molar-refractivity contribution < 1.29 is 4.79 Å². The first-order valence-electron chi connectivity index (χ1n) is 6.63. The molecule has 104 valence electrons. The SMILES string of the molecule is CCCNc1ncc(C(=O)Nc2ccc(C)cc2)cn1. The number of carbonyl (C=O) groups excluding carboxylic acids is 1. The largest absolute Gasteiger partial charge is 0.354 e. The van der Waals surface area contributed by atoms with E-state index in [4.69, 9.17) is 0 Å². The van der Waals surface area contributed by atoms with Crippen molar-refractivity contribution in [3.8, 4) is 0 Å². The summed E-state index contributed by atoms with van der Waals surface area (Å²) >= 11 is 0. The minimum atomic E-state index is -0.212. The molecule has 0 bridgehead atoms. The Kier molecular flexibility index (Phi) is 4.65. The number of amides is 1. The normalized spacial score (nSPS) is 10.1. The van der Waals surface area contributed by atoms with Crippen LogP contribution in [0.2, 0.25) is 0 Å². The molecule has 0 aliphatic rings. The highest BCUT2D eigenvalue weighted by Gasteiger charge is 2.07. The van der Waals surface area contributed by atoms with Crippen LogP contribution in [0.1, 0.15) is 29.3 Å². The van der Waals surface area contributed by atoms with Gasteiger partial charge in [0, 0.05) is 24.6 Å². The van der Waals surface area contributed by atoms with Crippen molar-refractivity contribution in [3.05, 3.63) is 47.8 Å². The molecule has 5 heteroatoms. The van der Waals surface area contributed by atoms with E-state index in [-0.39, 0.29) is 5.91 Å². The van der Waals surface area contributed by atoms with Gasteiger partial charge in [-0.3, -0.25) is 4.79 Å². The van der Waals surface area contributed by atoms with Gasteiger partial charge in [-0.05, 0) is 25.5 Å². The third-order valence-corrected chi connectivity index (χ3v) is 2.76. The zero-order valence-electron chi connectivity index (χ0n) is 11.7. The Morgan fingerprint density at radius 3 is 2.40 bits per heavy atom. The van der Waals surface area contributed by atoms with E-state index in [2.05, 4.69) is 27.5 Å². The summed E-state index contributed by atoms with van der Waals surface area (Å²) in [6.07, 6.45) is 4.04. The van der Waals surface area contributed by atoms with Gasteiger partial charge < -0.3 is 10.6 Å². The van der Waals surface area contributed by atoms with Crippen LogP contribution in [0.5, 0.6) is 0 Å². The lowest BCUT2D eigenvalue weighted by atomic mass is 10.2. The number of aryl methyl sites for hydroxylation is 1. The predicted molar refractivity (Wildman–Crippen MR) is 79.9 cm³/mol. The summed E-state index contributed by atoms with van der Waals surface area (Å²) in [7, 11) is 0. The molecular weight excluding hydrogens is 252 g/mol. The Morgan fingerprint density at radius 2 is 1.80 bits per heavy atom. The Labute approximate surface area is 118 Å². The number of aromatic nitrogens is 2. The molecule has 5 nitrogen and oxygen atoms in total. The molecule has 0 spiro atoms. The summed E-state index contributed by atoms with van der Waals surface area (Å²) in [6.45, 7) is 4.88. The minimum absolute atomic E-state index is 0.212. The second kappa shape index (κ2) is 6.65. The Morgan fingerprint density at radius 1 is 1.15 bits per heavy atom. The molecule has 1 aromatic heterocycles. The molecule has 2 aromatic rings. The van der Waals surface area contributed by atoms with Crippen molar-refractivity contribution >= 4 is 17.5 Å². The second-order valence-corrected chi connectivity index (χ2v) is 4.54. The van der Waals surface area contributed by atoms with Crippen molar-refractivity contribution in [2.45, 2.75) is 20.3 Å². The molecule has 1 heterocycles. The van der Waals surface area contributed by atoms with Crippen LogP contribution < -0.4 is 10.6 Å². The zero-order valence-corrected chi connectivity index (χ0v) is 11.7. The van der Waals surface area contributed by atoms with Crippen molar-refractivity contribution in [2.75, 3.05) is 17.2 Å². The van der Waals surface area contributed by atoms with Crippen LogP contribution >= 0.6 is 0 Å². The summed E-state index contributed by atoms with van der Waals surface area (Å²) in [6, 6.07) is 7.63. The zero-order chi connectivity index (χ0) is 14.4. The maximum Gasteiger partial charge on any atom is 0.258 e. The maximum atomic E-state index is 12.0. The van der Waals surface area contributed by atoms with Crippen LogP contribution in [0.15, 0.2) is 36.7 Å². The van der Waals surface area contributed by atoms with Crippen molar-refractivity contribution in [2.24, 2.45) is 0 Å². The summed E-state index contributed by atoms with van der Waals surface area (Å²) in [5.41, 5.74) is 2.35. The molecule has 0 unspecified atom stereocenters.